The first-order valence-corrected chi connectivity index (χ1v) is 7.94. The highest BCUT2D eigenvalue weighted by molar-refractivity contribution is 7.89. The third-order valence-electron chi connectivity index (χ3n) is 2.89. The van der Waals surface area contributed by atoms with Gasteiger partial charge in [-0.05, 0) is 36.8 Å². The predicted octanol–water partition coefficient (Wildman–Crippen LogP) is 3.02. The average Bonchev–Trinajstić information content (AvgIpc) is 2.46. The zero-order chi connectivity index (χ0) is 17.1. The highest BCUT2D eigenvalue weighted by atomic mass is 32.2. The molecule has 5 nitrogen and oxygen atoms in total. The van der Waals surface area contributed by atoms with Crippen LogP contribution in [-0.2, 0) is 10.0 Å². The maximum Gasteiger partial charge on any atom is 0.573 e. The number of pyridine rings is 1. The summed E-state index contributed by atoms with van der Waals surface area (Å²) in [6.07, 6.45) is -1.87. The number of halogens is 3. The molecule has 9 heteroatoms. The normalized spacial score (nSPS) is 13.6. The quantitative estimate of drug-likeness (QED) is 0.904. The van der Waals surface area contributed by atoms with Gasteiger partial charge in [-0.15, -0.1) is 13.2 Å². The van der Waals surface area contributed by atoms with Crippen molar-refractivity contribution < 1.29 is 26.3 Å². The number of hydrogen-bond donors (Lipinski definition) is 1. The zero-order valence-corrected chi connectivity index (χ0v) is 12.7. The van der Waals surface area contributed by atoms with E-state index in [9.17, 15) is 21.6 Å². The van der Waals surface area contributed by atoms with E-state index >= 15 is 0 Å². The SMILES string of the molecule is C[C@H](NS(=O)(=O)c1cccc(OC(F)(F)F)c1)c1ccncc1. The molecule has 0 bridgehead atoms. The zero-order valence-electron chi connectivity index (χ0n) is 11.9. The molecule has 1 aromatic carbocycles. The Bertz CT molecular complexity index is 764. The fraction of sp³-hybridized carbons (Fsp3) is 0.214. The lowest BCUT2D eigenvalue weighted by Gasteiger charge is -2.15. The molecule has 2 rings (SSSR count). The Hall–Kier alpha value is -2.13. The number of ether oxygens (including phenoxy) is 1. The Morgan fingerprint density at radius 3 is 2.43 bits per heavy atom. The van der Waals surface area contributed by atoms with Gasteiger partial charge in [0.1, 0.15) is 5.75 Å². The molecule has 1 heterocycles. The standard InChI is InChI=1S/C14H13F3N2O3S/c1-10(11-5-7-18-8-6-11)19-23(20,21)13-4-2-3-12(9-13)22-14(15,16)17/h2-10,19H,1H3/t10-/m0/s1. The van der Waals surface area contributed by atoms with Crippen LogP contribution in [0.4, 0.5) is 13.2 Å². The van der Waals surface area contributed by atoms with E-state index in [0.29, 0.717) is 5.56 Å². The molecule has 124 valence electrons. The molecule has 2 aromatic rings. The van der Waals surface area contributed by atoms with E-state index in [2.05, 4.69) is 14.4 Å². The lowest BCUT2D eigenvalue weighted by atomic mass is 10.1. The molecule has 23 heavy (non-hydrogen) atoms. The molecule has 0 radical (unpaired) electrons. The molecule has 0 saturated heterocycles. The summed E-state index contributed by atoms with van der Waals surface area (Å²) in [6, 6.07) is 6.90. The minimum Gasteiger partial charge on any atom is -0.406 e. The van der Waals surface area contributed by atoms with Crippen LogP contribution < -0.4 is 9.46 Å². The number of nitrogens with zero attached hydrogens (tertiary/aromatic N) is 1. The molecular weight excluding hydrogens is 333 g/mol. The summed E-state index contributed by atoms with van der Waals surface area (Å²) >= 11 is 0. The highest BCUT2D eigenvalue weighted by Gasteiger charge is 2.31. The number of benzene rings is 1. The van der Waals surface area contributed by atoms with Crippen molar-refractivity contribution in [1.82, 2.24) is 9.71 Å². The summed E-state index contributed by atoms with van der Waals surface area (Å²) in [6.45, 7) is 1.61. The minimum absolute atomic E-state index is 0.319. The Morgan fingerprint density at radius 1 is 1.17 bits per heavy atom. The van der Waals surface area contributed by atoms with Crippen LogP contribution in [-0.4, -0.2) is 19.8 Å². The third kappa shape index (κ3) is 4.93. The van der Waals surface area contributed by atoms with Crippen molar-refractivity contribution in [2.75, 3.05) is 0 Å². The van der Waals surface area contributed by atoms with Gasteiger partial charge >= 0.3 is 6.36 Å². The summed E-state index contributed by atoms with van der Waals surface area (Å²) in [5.74, 6) is -0.600. The van der Waals surface area contributed by atoms with Crippen molar-refractivity contribution in [3.05, 3.63) is 54.4 Å². The molecular formula is C14H13F3N2O3S. The van der Waals surface area contributed by atoms with Crippen molar-refractivity contribution >= 4 is 10.0 Å². The van der Waals surface area contributed by atoms with Crippen LogP contribution in [0.3, 0.4) is 0 Å². The van der Waals surface area contributed by atoms with Crippen LogP contribution in [0.5, 0.6) is 5.75 Å². The second-order valence-electron chi connectivity index (χ2n) is 4.65. The van der Waals surface area contributed by atoms with Crippen LogP contribution in [0, 0.1) is 0 Å². The average molecular weight is 346 g/mol. The van der Waals surface area contributed by atoms with Gasteiger partial charge in [0.2, 0.25) is 10.0 Å². The van der Waals surface area contributed by atoms with Gasteiger partial charge in [-0.3, -0.25) is 4.98 Å². The maximum atomic E-state index is 12.3. The second kappa shape index (κ2) is 6.55. The molecule has 0 unspecified atom stereocenters. The Balaban J connectivity index is 2.21. The van der Waals surface area contributed by atoms with Gasteiger partial charge in [-0.25, -0.2) is 13.1 Å². The lowest BCUT2D eigenvalue weighted by Crippen LogP contribution is -2.27. The number of aromatic nitrogens is 1. The van der Waals surface area contributed by atoms with Crippen molar-refractivity contribution in [3.63, 3.8) is 0 Å². The first kappa shape index (κ1) is 17.2. The Labute approximate surface area is 131 Å². The molecule has 0 aliphatic heterocycles. The number of rotatable bonds is 5. The van der Waals surface area contributed by atoms with Gasteiger partial charge in [0.05, 0.1) is 4.90 Å². The Morgan fingerprint density at radius 2 is 1.83 bits per heavy atom. The van der Waals surface area contributed by atoms with Crippen LogP contribution in [0.2, 0.25) is 0 Å². The lowest BCUT2D eigenvalue weighted by molar-refractivity contribution is -0.274. The summed E-state index contributed by atoms with van der Waals surface area (Å²) < 4.78 is 67.3. The molecule has 0 amide bonds. The maximum absolute atomic E-state index is 12.3. The van der Waals surface area contributed by atoms with Gasteiger partial charge in [0.15, 0.2) is 0 Å². The fourth-order valence-corrected chi connectivity index (χ4v) is 3.13. The first-order valence-electron chi connectivity index (χ1n) is 6.45. The monoisotopic (exact) mass is 346 g/mol. The molecule has 1 N–H and O–H groups in total. The van der Waals surface area contributed by atoms with Gasteiger partial charge in [0.25, 0.3) is 0 Å². The second-order valence-corrected chi connectivity index (χ2v) is 6.36. The molecule has 0 saturated carbocycles. The number of hydrogen-bond acceptors (Lipinski definition) is 4. The van der Waals surface area contributed by atoms with Gasteiger partial charge in [-0.1, -0.05) is 6.07 Å². The summed E-state index contributed by atoms with van der Waals surface area (Å²) in [4.78, 5) is 3.51. The van der Waals surface area contributed by atoms with E-state index in [1.165, 1.54) is 24.5 Å². The Kier molecular flexibility index (Phi) is 4.90. The summed E-state index contributed by atoms with van der Waals surface area (Å²) in [5.41, 5.74) is 0.672. The smallest absolute Gasteiger partial charge is 0.406 e. The van der Waals surface area contributed by atoms with E-state index in [1.54, 1.807) is 19.1 Å². The molecule has 0 aliphatic rings. The molecule has 0 fully saturated rings. The van der Waals surface area contributed by atoms with Gasteiger partial charge < -0.3 is 4.74 Å². The number of sulfonamides is 1. The summed E-state index contributed by atoms with van der Waals surface area (Å²) in [5, 5.41) is 0. The van der Waals surface area contributed by atoms with E-state index in [0.717, 1.165) is 12.1 Å². The number of nitrogens with one attached hydrogen (secondary N) is 1. The van der Waals surface area contributed by atoms with Crippen LogP contribution in [0.1, 0.15) is 18.5 Å². The first-order chi connectivity index (χ1) is 10.7. The fourth-order valence-electron chi connectivity index (χ4n) is 1.86. The molecule has 0 aliphatic carbocycles. The molecule has 0 spiro atoms. The summed E-state index contributed by atoms with van der Waals surface area (Å²) in [7, 11) is -4.00. The largest absolute Gasteiger partial charge is 0.573 e. The van der Waals surface area contributed by atoms with Crippen molar-refractivity contribution in [1.29, 1.82) is 0 Å². The highest BCUT2D eigenvalue weighted by Crippen LogP contribution is 2.25. The van der Waals surface area contributed by atoms with Crippen molar-refractivity contribution in [2.24, 2.45) is 0 Å². The minimum atomic E-state index is -4.89. The molecule has 1 aromatic heterocycles. The third-order valence-corrected chi connectivity index (χ3v) is 4.43. The number of alkyl halides is 3. The van der Waals surface area contributed by atoms with Crippen LogP contribution in [0.15, 0.2) is 53.7 Å². The predicted molar refractivity (Wildman–Crippen MR) is 76.1 cm³/mol. The van der Waals surface area contributed by atoms with E-state index in [4.69, 9.17) is 0 Å². The topological polar surface area (TPSA) is 68.3 Å². The van der Waals surface area contributed by atoms with Gasteiger partial charge in [0, 0.05) is 24.5 Å². The van der Waals surface area contributed by atoms with E-state index in [-0.39, 0.29) is 4.90 Å². The van der Waals surface area contributed by atoms with Crippen LogP contribution in [0.25, 0.3) is 0 Å². The molecule has 1 atom stereocenters. The van der Waals surface area contributed by atoms with Gasteiger partial charge in [-0.2, -0.15) is 0 Å². The van der Waals surface area contributed by atoms with E-state index < -0.39 is 28.2 Å². The van der Waals surface area contributed by atoms with E-state index in [1.807, 2.05) is 0 Å². The van der Waals surface area contributed by atoms with Crippen LogP contribution >= 0.6 is 0 Å². The van der Waals surface area contributed by atoms with Crippen molar-refractivity contribution in [3.8, 4) is 5.75 Å². The van der Waals surface area contributed by atoms with Crippen molar-refractivity contribution in [2.45, 2.75) is 24.2 Å².